The summed E-state index contributed by atoms with van der Waals surface area (Å²) in [4.78, 5) is 24.4. The lowest BCUT2D eigenvalue weighted by Crippen LogP contribution is -2.27. The Morgan fingerprint density at radius 2 is 1.79 bits per heavy atom. The zero-order valence-electron chi connectivity index (χ0n) is 15.5. The van der Waals surface area contributed by atoms with E-state index in [2.05, 4.69) is 5.10 Å². The fourth-order valence-electron chi connectivity index (χ4n) is 2.85. The molecule has 0 spiro atoms. The Labute approximate surface area is 170 Å². The zero-order valence-corrected chi connectivity index (χ0v) is 16.3. The number of rotatable bonds is 7. The van der Waals surface area contributed by atoms with Crippen LogP contribution in [-0.4, -0.2) is 22.4 Å². The molecule has 2 aromatic carbocycles. The monoisotopic (exact) mass is 406 g/mol. The molecule has 0 saturated carbocycles. The third-order valence-corrected chi connectivity index (χ3v) is 5.32. The molecular formula is C22H18N2O4S. The third-order valence-electron chi connectivity index (χ3n) is 4.31. The van der Waals surface area contributed by atoms with E-state index in [0.29, 0.717) is 5.75 Å². The molecule has 4 rings (SSSR count). The van der Waals surface area contributed by atoms with E-state index in [4.69, 9.17) is 9.47 Å². The molecule has 2 heterocycles. The minimum absolute atomic E-state index is 0.0869. The summed E-state index contributed by atoms with van der Waals surface area (Å²) in [6, 6.07) is 19.9. The topological polar surface area (TPSA) is 70.4 Å². The Morgan fingerprint density at radius 3 is 2.66 bits per heavy atom. The summed E-state index contributed by atoms with van der Waals surface area (Å²) in [5.74, 6) is 0.136. The molecule has 6 nitrogen and oxygen atoms in total. The van der Waals surface area contributed by atoms with Gasteiger partial charge in [0.15, 0.2) is 5.69 Å². The molecule has 0 N–H and O–H groups in total. The van der Waals surface area contributed by atoms with Crippen LogP contribution < -0.4 is 10.3 Å². The van der Waals surface area contributed by atoms with Gasteiger partial charge >= 0.3 is 5.97 Å². The average Bonchev–Trinajstić information content (AvgIpc) is 3.17. The summed E-state index contributed by atoms with van der Waals surface area (Å²) in [7, 11) is 0. The lowest BCUT2D eigenvalue weighted by molar-refractivity contribution is 0.0464. The number of hydrogen-bond donors (Lipinski definition) is 0. The van der Waals surface area contributed by atoms with Crippen molar-refractivity contribution >= 4 is 27.4 Å². The van der Waals surface area contributed by atoms with Crippen LogP contribution in [0.3, 0.4) is 0 Å². The molecule has 7 heteroatoms. The number of ether oxygens (including phenoxy) is 2. The second-order valence-electron chi connectivity index (χ2n) is 6.27. The Balaban J connectivity index is 1.39. The molecule has 29 heavy (non-hydrogen) atoms. The number of nitrogens with zero attached hydrogens (tertiary/aromatic N) is 2. The number of hydrogen-bond acceptors (Lipinski definition) is 6. The molecule has 0 atom stereocenters. The maximum atomic E-state index is 12.4. The van der Waals surface area contributed by atoms with E-state index in [1.807, 2.05) is 60.0 Å². The molecule has 0 saturated heterocycles. The zero-order chi connectivity index (χ0) is 20.1. The highest BCUT2D eigenvalue weighted by atomic mass is 32.1. The summed E-state index contributed by atoms with van der Waals surface area (Å²) in [6.45, 7) is 0.640. The van der Waals surface area contributed by atoms with Gasteiger partial charge in [0.05, 0.1) is 6.54 Å². The van der Waals surface area contributed by atoms with Gasteiger partial charge in [-0.1, -0.05) is 36.4 Å². The van der Waals surface area contributed by atoms with Gasteiger partial charge < -0.3 is 9.47 Å². The first-order valence-electron chi connectivity index (χ1n) is 9.09. The smallest absolute Gasteiger partial charge is 0.359 e. The molecule has 4 aromatic rings. The van der Waals surface area contributed by atoms with Crippen molar-refractivity contribution in [3.8, 4) is 5.75 Å². The van der Waals surface area contributed by atoms with Crippen molar-refractivity contribution in [1.82, 2.24) is 9.78 Å². The number of carbonyl (C=O) groups is 1. The van der Waals surface area contributed by atoms with Crippen molar-refractivity contribution in [2.24, 2.45) is 0 Å². The van der Waals surface area contributed by atoms with Crippen molar-refractivity contribution < 1.29 is 14.3 Å². The van der Waals surface area contributed by atoms with Crippen molar-refractivity contribution in [2.75, 3.05) is 6.61 Å². The number of thiophene rings is 1. The van der Waals surface area contributed by atoms with Gasteiger partial charge in [0.25, 0.3) is 5.56 Å². The SMILES string of the molecule is O=C(OCc1csc2ccccc12)c1ccc(=O)n(CCOc2ccccc2)n1. The normalized spacial score (nSPS) is 10.8. The van der Waals surface area contributed by atoms with Crippen LogP contribution in [0.15, 0.2) is 76.9 Å². The van der Waals surface area contributed by atoms with Gasteiger partial charge in [-0.15, -0.1) is 11.3 Å². The Kier molecular flexibility index (Phi) is 5.67. The summed E-state index contributed by atoms with van der Waals surface area (Å²) >= 11 is 1.61. The average molecular weight is 406 g/mol. The van der Waals surface area contributed by atoms with E-state index in [1.165, 1.54) is 16.8 Å². The number of para-hydroxylation sites is 1. The van der Waals surface area contributed by atoms with Gasteiger partial charge in [0.1, 0.15) is 19.0 Å². The maximum Gasteiger partial charge on any atom is 0.359 e. The van der Waals surface area contributed by atoms with Crippen molar-refractivity contribution in [2.45, 2.75) is 13.2 Å². The minimum Gasteiger partial charge on any atom is -0.492 e. The second kappa shape index (κ2) is 8.70. The number of aromatic nitrogens is 2. The molecule has 146 valence electrons. The van der Waals surface area contributed by atoms with Crippen LogP contribution in [0.25, 0.3) is 10.1 Å². The fourth-order valence-corrected chi connectivity index (χ4v) is 3.79. The fraction of sp³-hybridized carbons (Fsp3) is 0.136. The van der Waals surface area contributed by atoms with Crippen LogP contribution in [-0.2, 0) is 17.9 Å². The largest absolute Gasteiger partial charge is 0.492 e. The van der Waals surface area contributed by atoms with E-state index in [-0.39, 0.29) is 31.0 Å². The van der Waals surface area contributed by atoms with Gasteiger partial charge in [-0.25, -0.2) is 9.48 Å². The number of benzene rings is 2. The first kappa shape index (κ1) is 18.9. The van der Waals surface area contributed by atoms with Gasteiger partial charge in [0, 0.05) is 16.3 Å². The minimum atomic E-state index is -0.571. The molecular weight excluding hydrogens is 388 g/mol. The predicted molar refractivity (Wildman–Crippen MR) is 111 cm³/mol. The highest BCUT2D eigenvalue weighted by Crippen LogP contribution is 2.26. The van der Waals surface area contributed by atoms with E-state index in [0.717, 1.165) is 15.6 Å². The lowest BCUT2D eigenvalue weighted by Gasteiger charge is -2.09. The van der Waals surface area contributed by atoms with Crippen molar-refractivity contribution in [3.05, 3.63) is 93.7 Å². The second-order valence-corrected chi connectivity index (χ2v) is 7.19. The van der Waals surface area contributed by atoms with E-state index < -0.39 is 5.97 Å². The van der Waals surface area contributed by atoms with Gasteiger partial charge in [0.2, 0.25) is 0 Å². The van der Waals surface area contributed by atoms with Crippen molar-refractivity contribution in [3.63, 3.8) is 0 Å². The van der Waals surface area contributed by atoms with Gasteiger partial charge in [-0.05, 0) is 35.0 Å². The highest BCUT2D eigenvalue weighted by Gasteiger charge is 2.13. The van der Waals surface area contributed by atoms with E-state index in [9.17, 15) is 9.59 Å². The molecule has 2 aromatic heterocycles. The maximum absolute atomic E-state index is 12.4. The summed E-state index contributed by atoms with van der Waals surface area (Å²) in [6.07, 6.45) is 0. The van der Waals surface area contributed by atoms with E-state index in [1.54, 1.807) is 11.3 Å². The molecule has 0 aliphatic heterocycles. The highest BCUT2D eigenvalue weighted by molar-refractivity contribution is 7.17. The predicted octanol–water partition coefficient (Wildman–Crippen LogP) is 3.89. The summed E-state index contributed by atoms with van der Waals surface area (Å²) in [5.41, 5.74) is 0.731. The first-order chi connectivity index (χ1) is 14.2. The van der Waals surface area contributed by atoms with Crippen LogP contribution in [0.1, 0.15) is 16.1 Å². The molecule has 0 amide bonds. The quantitative estimate of drug-likeness (QED) is 0.436. The van der Waals surface area contributed by atoms with Crippen LogP contribution in [0.4, 0.5) is 0 Å². The molecule has 0 aliphatic rings. The van der Waals surface area contributed by atoms with Crippen LogP contribution in [0.2, 0.25) is 0 Å². The third kappa shape index (κ3) is 4.52. The van der Waals surface area contributed by atoms with Gasteiger partial charge in [-0.2, -0.15) is 5.10 Å². The standard InChI is InChI=1S/C22H18N2O4S/c25-21-11-10-19(23-24(21)12-13-27-17-6-2-1-3-7-17)22(26)28-14-16-15-29-20-9-5-4-8-18(16)20/h1-11,15H,12-14H2. The van der Waals surface area contributed by atoms with Crippen molar-refractivity contribution in [1.29, 1.82) is 0 Å². The molecule has 0 unspecified atom stereocenters. The summed E-state index contributed by atoms with van der Waals surface area (Å²) in [5, 5.41) is 7.17. The van der Waals surface area contributed by atoms with Crippen LogP contribution in [0.5, 0.6) is 5.75 Å². The number of carbonyl (C=O) groups excluding carboxylic acids is 1. The molecule has 0 fully saturated rings. The molecule has 0 aliphatic carbocycles. The Hall–Kier alpha value is -3.45. The number of esters is 1. The first-order valence-corrected chi connectivity index (χ1v) is 9.97. The number of fused-ring (bicyclic) bond motifs is 1. The van der Waals surface area contributed by atoms with E-state index >= 15 is 0 Å². The van der Waals surface area contributed by atoms with Gasteiger partial charge in [-0.3, -0.25) is 4.79 Å². The molecule has 0 radical (unpaired) electrons. The Morgan fingerprint density at radius 1 is 1.00 bits per heavy atom. The summed E-state index contributed by atoms with van der Waals surface area (Å²) < 4.78 is 13.3. The lowest BCUT2D eigenvalue weighted by atomic mass is 10.2. The van der Waals surface area contributed by atoms with Crippen LogP contribution in [0, 0.1) is 0 Å². The molecule has 0 bridgehead atoms. The Bertz CT molecular complexity index is 1180. The van der Waals surface area contributed by atoms with Crippen LogP contribution >= 0.6 is 11.3 Å².